The van der Waals surface area contributed by atoms with Crippen LogP contribution in [0.4, 0.5) is 0 Å². The molecule has 4 rings (SSSR count). The maximum Gasteiger partial charge on any atom is 0.192 e. The summed E-state index contributed by atoms with van der Waals surface area (Å²) in [5, 5.41) is 0.208. The number of ether oxygens (including phenoxy) is 1. The van der Waals surface area contributed by atoms with E-state index < -0.39 is 8.32 Å². The Morgan fingerprint density at radius 3 is 2.41 bits per heavy atom. The summed E-state index contributed by atoms with van der Waals surface area (Å²) in [5.74, 6) is 1.16. The zero-order valence-corrected chi connectivity index (χ0v) is 19.1. The van der Waals surface area contributed by atoms with Gasteiger partial charge in [0.1, 0.15) is 5.60 Å². The van der Waals surface area contributed by atoms with Gasteiger partial charge in [0.05, 0.1) is 11.7 Å². The van der Waals surface area contributed by atoms with Gasteiger partial charge < -0.3 is 9.16 Å². The van der Waals surface area contributed by atoms with Crippen LogP contribution in [-0.2, 0) is 14.8 Å². The summed E-state index contributed by atoms with van der Waals surface area (Å²) in [4.78, 5) is 0. The Morgan fingerprint density at radius 2 is 1.78 bits per heavy atom. The molecule has 3 aliphatic rings. The Hall–Kier alpha value is -0.903. The number of rotatable bonds is 3. The van der Waals surface area contributed by atoms with Crippen LogP contribution in [0.15, 0.2) is 42.0 Å². The van der Waals surface area contributed by atoms with Crippen LogP contribution in [0.2, 0.25) is 18.1 Å². The molecule has 2 fully saturated rings. The molecule has 3 heteroatoms. The van der Waals surface area contributed by atoms with E-state index in [0.29, 0.717) is 11.8 Å². The zero-order chi connectivity index (χ0) is 19.7. The fraction of sp³-hybridized carbons (Fsp3) is 0.667. The van der Waals surface area contributed by atoms with Gasteiger partial charge in [0.25, 0.3) is 0 Å². The first-order valence-electron chi connectivity index (χ1n) is 10.6. The molecular weight excluding hydrogens is 348 g/mol. The lowest BCUT2D eigenvalue weighted by atomic mass is 9.80. The Labute approximate surface area is 166 Å². The predicted octanol–water partition coefficient (Wildman–Crippen LogP) is 6.44. The third-order valence-electron chi connectivity index (χ3n) is 7.99. The number of hydrogen-bond acceptors (Lipinski definition) is 2. The van der Waals surface area contributed by atoms with Crippen LogP contribution >= 0.6 is 0 Å². The van der Waals surface area contributed by atoms with Crippen molar-refractivity contribution in [3.8, 4) is 0 Å². The van der Waals surface area contributed by atoms with E-state index in [2.05, 4.69) is 84.1 Å². The van der Waals surface area contributed by atoms with E-state index >= 15 is 0 Å². The molecule has 2 heterocycles. The molecule has 5 atom stereocenters. The molecule has 1 aliphatic carbocycles. The van der Waals surface area contributed by atoms with Crippen molar-refractivity contribution >= 4 is 8.32 Å². The van der Waals surface area contributed by atoms with Crippen LogP contribution in [0.1, 0.15) is 59.4 Å². The minimum absolute atomic E-state index is 0.155. The largest absolute Gasteiger partial charge is 0.411 e. The van der Waals surface area contributed by atoms with Crippen molar-refractivity contribution in [2.24, 2.45) is 11.8 Å². The second kappa shape index (κ2) is 6.05. The summed E-state index contributed by atoms with van der Waals surface area (Å²) >= 11 is 0. The van der Waals surface area contributed by atoms with Gasteiger partial charge in [-0.15, -0.1) is 0 Å². The van der Waals surface area contributed by atoms with Crippen LogP contribution in [0.5, 0.6) is 0 Å². The van der Waals surface area contributed by atoms with E-state index in [1.54, 1.807) is 5.57 Å². The zero-order valence-electron chi connectivity index (χ0n) is 18.1. The molecule has 148 valence electrons. The van der Waals surface area contributed by atoms with Crippen molar-refractivity contribution in [3.63, 3.8) is 0 Å². The predicted molar refractivity (Wildman–Crippen MR) is 114 cm³/mol. The van der Waals surface area contributed by atoms with Crippen molar-refractivity contribution in [2.45, 2.75) is 89.3 Å². The monoisotopic (exact) mass is 384 g/mol. The van der Waals surface area contributed by atoms with Crippen molar-refractivity contribution < 1.29 is 9.16 Å². The van der Waals surface area contributed by atoms with Crippen molar-refractivity contribution in [1.29, 1.82) is 0 Å². The maximum absolute atomic E-state index is 7.05. The van der Waals surface area contributed by atoms with E-state index in [1.807, 2.05) is 0 Å². The standard InChI is InChI=1S/C24H36O2Si/c1-17-13-14-20-19(17)15-24(18-11-9-8-10-12-18)16-21(23(20,5)26-24)25-27(6,7)22(2,3)4/h8-12,15,17,20-21H,13-14,16H2,1-7H3/t17?,20?,21-,23+,24-/m1/s1. The van der Waals surface area contributed by atoms with E-state index in [-0.39, 0.29) is 22.3 Å². The maximum atomic E-state index is 7.05. The fourth-order valence-electron chi connectivity index (χ4n) is 5.26. The molecule has 1 aromatic carbocycles. The second-order valence-electron chi connectivity index (χ2n) is 10.8. The van der Waals surface area contributed by atoms with Gasteiger partial charge in [-0.2, -0.15) is 0 Å². The molecular formula is C24H36O2Si. The van der Waals surface area contributed by atoms with E-state index in [9.17, 15) is 0 Å². The summed E-state index contributed by atoms with van der Waals surface area (Å²) in [6.45, 7) is 16.5. The summed E-state index contributed by atoms with van der Waals surface area (Å²) in [6, 6.07) is 10.8. The molecule has 0 spiro atoms. The van der Waals surface area contributed by atoms with Gasteiger partial charge in [-0.3, -0.25) is 0 Å². The SMILES string of the molecule is CC1CCC2C1=C[C@]1(c3ccccc3)C[C@@H](O[Si](C)(C)C(C)(C)C)[C@@]2(C)O1. The normalized spacial score (nSPS) is 38.6. The van der Waals surface area contributed by atoms with Gasteiger partial charge in [0, 0.05) is 12.3 Å². The van der Waals surface area contributed by atoms with Gasteiger partial charge in [-0.1, -0.05) is 63.6 Å². The third kappa shape index (κ3) is 2.89. The molecule has 2 nitrogen and oxygen atoms in total. The van der Waals surface area contributed by atoms with Gasteiger partial charge in [-0.05, 0) is 55.5 Å². The van der Waals surface area contributed by atoms with Crippen LogP contribution in [-0.4, -0.2) is 20.0 Å². The average Bonchev–Trinajstić information content (AvgIpc) is 3.05. The highest BCUT2D eigenvalue weighted by Gasteiger charge is 2.63. The summed E-state index contributed by atoms with van der Waals surface area (Å²) in [5.41, 5.74) is 2.35. The first-order chi connectivity index (χ1) is 12.5. The molecule has 0 amide bonds. The highest BCUT2D eigenvalue weighted by Crippen LogP contribution is 2.61. The summed E-state index contributed by atoms with van der Waals surface area (Å²) in [7, 11) is -1.87. The lowest BCUT2D eigenvalue weighted by Gasteiger charge is -2.46. The lowest BCUT2D eigenvalue weighted by Crippen LogP contribution is -2.52. The Balaban J connectivity index is 1.78. The second-order valence-corrected chi connectivity index (χ2v) is 15.5. The van der Waals surface area contributed by atoms with E-state index in [0.717, 1.165) is 6.42 Å². The van der Waals surface area contributed by atoms with Crippen LogP contribution in [0.3, 0.4) is 0 Å². The van der Waals surface area contributed by atoms with Crippen LogP contribution in [0, 0.1) is 11.8 Å². The third-order valence-corrected chi connectivity index (χ3v) is 12.5. The van der Waals surface area contributed by atoms with Gasteiger partial charge in [0.2, 0.25) is 0 Å². The van der Waals surface area contributed by atoms with E-state index in [1.165, 1.54) is 18.4 Å². The molecule has 1 saturated heterocycles. The smallest absolute Gasteiger partial charge is 0.192 e. The average molecular weight is 385 g/mol. The van der Waals surface area contributed by atoms with Crippen LogP contribution in [0.25, 0.3) is 0 Å². The molecule has 2 aliphatic heterocycles. The Kier molecular flexibility index (Phi) is 4.35. The quantitative estimate of drug-likeness (QED) is 0.441. The van der Waals surface area contributed by atoms with Gasteiger partial charge in [0.15, 0.2) is 8.32 Å². The van der Waals surface area contributed by atoms with Crippen molar-refractivity contribution in [2.75, 3.05) is 0 Å². The van der Waals surface area contributed by atoms with Crippen molar-refractivity contribution in [3.05, 3.63) is 47.5 Å². The topological polar surface area (TPSA) is 18.5 Å². The fourth-order valence-corrected chi connectivity index (χ4v) is 6.64. The number of hydrogen-bond donors (Lipinski definition) is 0. The number of benzene rings is 1. The van der Waals surface area contributed by atoms with Crippen molar-refractivity contribution in [1.82, 2.24) is 0 Å². The Bertz CT molecular complexity index is 747. The minimum Gasteiger partial charge on any atom is -0.411 e. The highest BCUT2D eigenvalue weighted by atomic mass is 28.4. The molecule has 0 radical (unpaired) electrons. The van der Waals surface area contributed by atoms with Crippen LogP contribution < -0.4 is 0 Å². The van der Waals surface area contributed by atoms with Gasteiger partial charge >= 0.3 is 0 Å². The molecule has 2 unspecified atom stereocenters. The van der Waals surface area contributed by atoms with E-state index in [4.69, 9.17) is 9.16 Å². The Morgan fingerprint density at radius 1 is 1.11 bits per heavy atom. The lowest BCUT2D eigenvalue weighted by molar-refractivity contribution is -0.131. The minimum atomic E-state index is -1.87. The molecule has 1 aromatic rings. The summed E-state index contributed by atoms with van der Waals surface area (Å²) < 4.78 is 14.1. The summed E-state index contributed by atoms with van der Waals surface area (Å²) in [6.07, 6.45) is 6.08. The molecule has 27 heavy (non-hydrogen) atoms. The molecule has 0 N–H and O–H groups in total. The molecule has 0 aromatic heterocycles. The first-order valence-corrected chi connectivity index (χ1v) is 13.6. The molecule has 2 bridgehead atoms. The number of fused-ring (bicyclic) bond motifs is 4. The molecule has 1 saturated carbocycles. The first kappa shape index (κ1) is 19.4. The highest BCUT2D eigenvalue weighted by molar-refractivity contribution is 6.74. The van der Waals surface area contributed by atoms with Gasteiger partial charge in [-0.25, -0.2) is 0 Å².